The van der Waals surface area contributed by atoms with E-state index in [1.807, 2.05) is 63.4 Å². The lowest BCUT2D eigenvalue weighted by atomic mass is 9.95. The molecule has 0 spiro atoms. The molecule has 2 N–H and O–H groups in total. The third-order valence-corrected chi connectivity index (χ3v) is 4.07. The lowest BCUT2D eigenvalue weighted by molar-refractivity contribution is -0.125. The summed E-state index contributed by atoms with van der Waals surface area (Å²) in [6.07, 6.45) is 3.55. The Hall–Kier alpha value is -2.36. The monoisotopic (exact) mass is 325 g/mol. The number of carbonyl (C=O) groups excluding carboxylic acids is 1. The Labute approximate surface area is 144 Å². The molecule has 1 atom stereocenters. The second kappa shape index (κ2) is 7.47. The van der Waals surface area contributed by atoms with E-state index in [4.69, 9.17) is 0 Å². The van der Waals surface area contributed by atoms with E-state index in [9.17, 15) is 4.79 Å². The number of benzene rings is 1. The predicted octanol–water partition coefficient (Wildman–Crippen LogP) is 4.09. The van der Waals surface area contributed by atoms with Gasteiger partial charge >= 0.3 is 0 Å². The molecule has 1 heterocycles. The number of hydrogen-bond donors (Lipinski definition) is 2. The van der Waals surface area contributed by atoms with Crippen LogP contribution >= 0.6 is 0 Å². The minimum Gasteiger partial charge on any atom is -0.372 e. The van der Waals surface area contributed by atoms with Crippen molar-refractivity contribution in [2.45, 2.75) is 46.2 Å². The average Bonchev–Trinajstić information content (AvgIpc) is 2.54. The van der Waals surface area contributed by atoms with Crippen LogP contribution in [0.4, 0.5) is 5.69 Å². The van der Waals surface area contributed by atoms with Gasteiger partial charge in [-0.2, -0.15) is 0 Å². The summed E-state index contributed by atoms with van der Waals surface area (Å²) in [4.78, 5) is 17.0. The van der Waals surface area contributed by atoms with Crippen LogP contribution in [-0.2, 0) is 4.79 Å². The van der Waals surface area contributed by atoms with Crippen molar-refractivity contribution in [3.8, 4) is 0 Å². The molecule has 2 aromatic rings. The normalized spacial score (nSPS) is 12.8. The van der Waals surface area contributed by atoms with Crippen LogP contribution in [0.1, 0.15) is 44.9 Å². The van der Waals surface area contributed by atoms with Crippen LogP contribution in [0.3, 0.4) is 0 Å². The Morgan fingerprint density at radius 3 is 2.33 bits per heavy atom. The van der Waals surface area contributed by atoms with E-state index >= 15 is 0 Å². The molecular weight excluding hydrogens is 298 g/mol. The van der Waals surface area contributed by atoms with E-state index in [0.29, 0.717) is 0 Å². The first-order valence-corrected chi connectivity index (χ1v) is 8.35. The quantitative estimate of drug-likeness (QED) is 0.841. The number of amides is 1. The summed E-state index contributed by atoms with van der Waals surface area (Å²) in [7, 11) is 0. The number of nitrogens with one attached hydrogen (secondary N) is 2. The highest BCUT2D eigenvalue weighted by atomic mass is 16.2. The average molecular weight is 325 g/mol. The lowest BCUT2D eigenvalue weighted by Gasteiger charge is -2.31. The van der Waals surface area contributed by atoms with Gasteiger partial charge in [0.2, 0.25) is 5.91 Å². The number of rotatable bonds is 6. The lowest BCUT2D eigenvalue weighted by Crippen LogP contribution is -2.49. The van der Waals surface area contributed by atoms with Crippen LogP contribution in [0.15, 0.2) is 48.8 Å². The zero-order chi connectivity index (χ0) is 17.7. The SMILES string of the molecule is Cc1ccc(NC(C)(C)C(=O)NC(c2cccnc2)C(C)C)cc1. The standard InChI is InChI=1S/C20H27N3O/c1-14(2)18(16-7-6-12-21-13-16)22-19(24)20(4,5)23-17-10-8-15(3)9-11-17/h6-14,18,23H,1-5H3,(H,22,24). The molecule has 0 aliphatic carbocycles. The van der Waals surface area contributed by atoms with Gasteiger partial charge in [-0.05, 0) is 50.5 Å². The molecule has 0 saturated carbocycles. The molecule has 0 fully saturated rings. The minimum absolute atomic E-state index is 0.0365. The Bertz CT molecular complexity index is 663. The zero-order valence-corrected chi connectivity index (χ0v) is 15.1. The van der Waals surface area contributed by atoms with Gasteiger partial charge in [0.1, 0.15) is 5.54 Å². The molecule has 0 radical (unpaired) electrons. The smallest absolute Gasteiger partial charge is 0.245 e. The number of aromatic nitrogens is 1. The van der Waals surface area contributed by atoms with E-state index in [0.717, 1.165) is 11.3 Å². The van der Waals surface area contributed by atoms with Crippen LogP contribution in [0.5, 0.6) is 0 Å². The van der Waals surface area contributed by atoms with E-state index in [2.05, 4.69) is 29.5 Å². The summed E-state index contributed by atoms with van der Waals surface area (Å²) in [6.45, 7) is 10.0. The highest BCUT2D eigenvalue weighted by Gasteiger charge is 2.30. The molecule has 0 aliphatic heterocycles. The van der Waals surface area contributed by atoms with Crippen molar-refractivity contribution in [2.75, 3.05) is 5.32 Å². The largest absolute Gasteiger partial charge is 0.372 e. The molecule has 2 rings (SSSR count). The van der Waals surface area contributed by atoms with E-state index < -0.39 is 5.54 Å². The number of pyridine rings is 1. The molecule has 0 saturated heterocycles. The maximum absolute atomic E-state index is 12.8. The second-order valence-electron chi connectivity index (χ2n) is 7.10. The fraction of sp³-hybridized carbons (Fsp3) is 0.400. The van der Waals surface area contributed by atoms with Crippen molar-refractivity contribution in [3.63, 3.8) is 0 Å². The number of aryl methyl sites for hydroxylation is 1. The summed E-state index contributed by atoms with van der Waals surface area (Å²) in [6, 6.07) is 11.9. The molecule has 1 aromatic heterocycles. The highest BCUT2D eigenvalue weighted by molar-refractivity contribution is 5.88. The number of anilines is 1. The molecule has 24 heavy (non-hydrogen) atoms. The molecule has 1 amide bonds. The molecule has 4 nitrogen and oxygen atoms in total. The van der Waals surface area contributed by atoms with Gasteiger partial charge in [-0.1, -0.05) is 37.6 Å². The molecule has 128 valence electrons. The van der Waals surface area contributed by atoms with Gasteiger partial charge in [-0.25, -0.2) is 0 Å². The summed E-state index contributed by atoms with van der Waals surface area (Å²) in [5.74, 6) is 0.235. The summed E-state index contributed by atoms with van der Waals surface area (Å²) in [5.41, 5.74) is 2.43. The van der Waals surface area contributed by atoms with Crippen molar-refractivity contribution in [2.24, 2.45) is 5.92 Å². The first kappa shape index (κ1) is 18.0. The van der Waals surface area contributed by atoms with Crippen LogP contribution in [0, 0.1) is 12.8 Å². The number of carbonyl (C=O) groups is 1. The van der Waals surface area contributed by atoms with Gasteiger partial charge < -0.3 is 10.6 Å². The predicted molar refractivity (Wildman–Crippen MR) is 98.8 cm³/mol. The van der Waals surface area contributed by atoms with E-state index in [1.165, 1.54) is 5.56 Å². The Balaban J connectivity index is 2.11. The van der Waals surface area contributed by atoms with Crippen molar-refractivity contribution in [3.05, 3.63) is 59.9 Å². The Morgan fingerprint density at radius 1 is 1.12 bits per heavy atom. The topological polar surface area (TPSA) is 54.0 Å². The van der Waals surface area contributed by atoms with Crippen molar-refractivity contribution >= 4 is 11.6 Å². The van der Waals surface area contributed by atoms with Crippen LogP contribution < -0.4 is 10.6 Å². The van der Waals surface area contributed by atoms with Crippen molar-refractivity contribution in [1.29, 1.82) is 0 Å². The maximum Gasteiger partial charge on any atom is 0.245 e. The van der Waals surface area contributed by atoms with Crippen LogP contribution in [0.2, 0.25) is 0 Å². The Morgan fingerprint density at radius 2 is 1.79 bits per heavy atom. The maximum atomic E-state index is 12.8. The molecule has 0 bridgehead atoms. The van der Waals surface area contributed by atoms with Crippen molar-refractivity contribution in [1.82, 2.24) is 10.3 Å². The fourth-order valence-electron chi connectivity index (χ4n) is 2.57. The summed E-state index contributed by atoms with van der Waals surface area (Å²) < 4.78 is 0. The molecule has 1 aromatic carbocycles. The van der Waals surface area contributed by atoms with E-state index in [-0.39, 0.29) is 17.9 Å². The van der Waals surface area contributed by atoms with Crippen LogP contribution in [0.25, 0.3) is 0 Å². The van der Waals surface area contributed by atoms with Crippen molar-refractivity contribution < 1.29 is 4.79 Å². The van der Waals surface area contributed by atoms with Gasteiger partial charge in [0, 0.05) is 18.1 Å². The van der Waals surface area contributed by atoms with Gasteiger partial charge in [0.15, 0.2) is 0 Å². The minimum atomic E-state index is -0.718. The fourth-order valence-corrected chi connectivity index (χ4v) is 2.57. The van der Waals surface area contributed by atoms with Gasteiger partial charge in [-0.15, -0.1) is 0 Å². The van der Waals surface area contributed by atoms with Gasteiger partial charge in [-0.3, -0.25) is 9.78 Å². The summed E-state index contributed by atoms with van der Waals surface area (Å²) in [5, 5.41) is 6.48. The first-order chi connectivity index (χ1) is 11.3. The number of nitrogens with zero attached hydrogens (tertiary/aromatic N) is 1. The van der Waals surface area contributed by atoms with Crippen LogP contribution in [-0.4, -0.2) is 16.4 Å². The summed E-state index contributed by atoms with van der Waals surface area (Å²) >= 11 is 0. The molecular formula is C20H27N3O. The van der Waals surface area contributed by atoms with Gasteiger partial charge in [0.25, 0.3) is 0 Å². The van der Waals surface area contributed by atoms with Gasteiger partial charge in [0.05, 0.1) is 6.04 Å². The molecule has 1 unspecified atom stereocenters. The Kier molecular flexibility index (Phi) is 5.60. The second-order valence-corrected chi connectivity index (χ2v) is 7.10. The molecule has 0 aliphatic rings. The highest BCUT2D eigenvalue weighted by Crippen LogP contribution is 2.23. The third-order valence-electron chi connectivity index (χ3n) is 4.07. The zero-order valence-electron chi connectivity index (χ0n) is 15.1. The number of hydrogen-bond acceptors (Lipinski definition) is 3. The molecule has 4 heteroatoms. The first-order valence-electron chi connectivity index (χ1n) is 8.35. The van der Waals surface area contributed by atoms with E-state index in [1.54, 1.807) is 6.20 Å². The third kappa shape index (κ3) is 4.57.